The van der Waals surface area contributed by atoms with Crippen LogP contribution in [-0.2, 0) is 13.0 Å². The second-order valence-electron chi connectivity index (χ2n) is 7.11. The lowest BCUT2D eigenvalue weighted by Gasteiger charge is -2.12. The van der Waals surface area contributed by atoms with E-state index in [2.05, 4.69) is 58.9 Å². The lowest BCUT2D eigenvalue weighted by Crippen LogP contribution is -2.08. The van der Waals surface area contributed by atoms with Crippen LogP contribution in [0.15, 0.2) is 59.8 Å². The molecular formula is C22H26ClN3S. The van der Waals surface area contributed by atoms with E-state index in [1.807, 2.05) is 24.3 Å². The maximum absolute atomic E-state index is 6.17. The summed E-state index contributed by atoms with van der Waals surface area (Å²) in [4.78, 5) is 0. The SMILES string of the molecule is CC(C)Cn1c(SCCCCc2ccccc2)nnc1-c1cccc(Cl)c1. The molecule has 0 aliphatic rings. The maximum Gasteiger partial charge on any atom is 0.191 e. The number of hydrogen-bond acceptors (Lipinski definition) is 3. The van der Waals surface area contributed by atoms with Crippen molar-refractivity contribution in [3.8, 4) is 11.4 Å². The predicted octanol–water partition coefficient (Wildman–Crippen LogP) is 6.37. The predicted molar refractivity (Wildman–Crippen MR) is 115 cm³/mol. The average molecular weight is 400 g/mol. The molecule has 0 radical (unpaired) electrons. The van der Waals surface area contributed by atoms with Crippen LogP contribution < -0.4 is 0 Å². The molecule has 0 N–H and O–H groups in total. The Bertz CT molecular complexity index is 846. The summed E-state index contributed by atoms with van der Waals surface area (Å²) in [6, 6.07) is 18.5. The summed E-state index contributed by atoms with van der Waals surface area (Å²) in [7, 11) is 0. The van der Waals surface area contributed by atoms with Crippen LogP contribution in [0, 0.1) is 5.92 Å². The molecule has 1 heterocycles. The number of aromatic nitrogens is 3. The van der Waals surface area contributed by atoms with E-state index in [4.69, 9.17) is 11.6 Å². The van der Waals surface area contributed by atoms with Crippen LogP contribution in [0.3, 0.4) is 0 Å². The third-order valence-corrected chi connectivity index (χ3v) is 5.57. The van der Waals surface area contributed by atoms with Gasteiger partial charge in [-0.25, -0.2) is 0 Å². The minimum Gasteiger partial charge on any atom is -0.302 e. The highest BCUT2D eigenvalue weighted by atomic mass is 35.5. The van der Waals surface area contributed by atoms with Gasteiger partial charge in [-0.1, -0.05) is 79.7 Å². The quantitative estimate of drug-likeness (QED) is 0.309. The van der Waals surface area contributed by atoms with Crippen molar-refractivity contribution in [1.82, 2.24) is 14.8 Å². The van der Waals surface area contributed by atoms with Gasteiger partial charge in [0.15, 0.2) is 11.0 Å². The molecule has 0 saturated heterocycles. The van der Waals surface area contributed by atoms with E-state index in [-0.39, 0.29) is 0 Å². The van der Waals surface area contributed by atoms with E-state index in [1.54, 1.807) is 11.8 Å². The minimum absolute atomic E-state index is 0.524. The average Bonchev–Trinajstić information content (AvgIpc) is 3.04. The third-order valence-electron chi connectivity index (χ3n) is 4.28. The summed E-state index contributed by atoms with van der Waals surface area (Å²) in [5.41, 5.74) is 2.43. The number of rotatable bonds is 9. The van der Waals surface area contributed by atoms with E-state index in [0.717, 1.165) is 40.3 Å². The second-order valence-corrected chi connectivity index (χ2v) is 8.61. The summed E-state index contributed by atoms with van der Waals surface area (Å²) >= 11 is 7.97. The minimum atomic E-state index is 0.524. The van der Waals surface area contributed by atoms with Crippen molar-refractivity contribution in [2.75, 3.05) is 5.75 Å². The molecule has 0 spiro atoms. The van der Waals surface area contributed by atoms with E-state index < -0.39 is 0 Å². The fraction of sp³-hybridized carbons (Fsp3) is 0.364. The monoisotopic (exact) mass is 399 g/mol. The van der Waals surface area contributed by atoms with Crippen LogP contribution in [-0.4, -0.2) is 20.5 Å². The third kappa shape index (κ3) is 5.85. The standard InChI is InChI=1S/C22H26ClN3S/c1-17(2)16-26-21(19-12-8-13-20(23)15-19)24-25-22(26)27-14-7-6-11-18-9-4-3-5-10-18/h3-5,8-10,12-13,15,17H,6-7,11,14,16H2,1-2H3. The molecule has 0 fully saturated rings. The molecule has 0 amide bonds. The molecular weight excluding hydrogens is 374 g/mol. The Kier molecular flexibility index (Phi) is 7.36. The van der Waals surface area contributed by atoms with Gasteiger partial charge in [-0.2, -0.15) is 0 Å². The van der Waals surface area contributed by atoms with Crippen LogP contribution in [0.25, 0.3) is 11.4 Å². The first-order valence-corrected chi connectivity index (χ1v) is 10.9. The van der Waals surface area contributed by atoms with Crippen molar-refractivity contribution < 1.29 is 0 Å². The Balaban J connectivity index is 1.62. The fourth-order valence-electron chi connectivity index (χ4n) is 3.01. The number of unbranched alkanes of at least 4 members (excludes halogenated alkanes) is 1. The van der Waals surface area contributed by atoms with Crippen LogP contribution in [0.1, 0.15) is 32.3 Å². The van der Waals surface area contributed by atoms with Crippen molar-refractivity contribution in [3.05, 3.63) is 65.2 Å². The first kappa shape index (κ1) is 20.0. The normalized spacial score (nSPS) is 11.3. The van der Waals surface area contributed by atoms with Gasteiger partial charge < -0.3 is 4.57 Å². The van der Waals surface area contributed by atoms with E-state index in [1.165, 1.54) is 18.4 Å². The fourth-order valence-corrected chi connectivity index (χ4v) is 4.14. The van der Waals surface area contributed by atoms with Gasteiger partial charge in [-0.15, -0.1) is 10.2 Å². The molecule has 0 bridgehead atoms. The first-order chi connectivity index (χ1) is 13.1. The molecule has 1 aromatic heterocycles. The van der Waals surface area contributed by atoms with Gasteiger partial charge in [0.1, 0.15) is 0 Å². The number of thioether (sulfide) groups is 1. The summed E-state index contributed by atoms with van der Waals surface area (Å²) in [6.45, 7) is 5.34. The molecule has 3 nitrogen and oxygen atoms in total. The van der Waals surface area contributed by atoms with Gasteiger partial charge in [0, 0.05) is 22.9 Å². The molecule has 0 aliphatic carbocycles. The van der Waals surface area contributed by atoms with Crippen molar-refractivity contribution >= 4 is 23.4 Å². The van der Waals surface area contributed by atoms with Crippen LogP contribution in [0.4, 0.5) is 0 Å². The molecule has 0 unspecified atom stereocenters. The van der Waals surface area contributed by atoms with Crippen LogP contribution >= 0.6 is 23.4 Å². The Morgan fingerprint density at radius 1 is 1.00 bits per heavy atom. The Labute approximate surface area is 171 Å². The summed E-state index contributed by atoms with van der Waals surface area (Å²) in [5, 5.41) is 10.6. The zero-order chi connectivity index (χ0) is 19.1. The summed E-state index contributed by atoms with van der Waals surface area (Å²) in [6.07, 6.45) is 3.49. The molecule has 0 saturated carbocycles. The molecule has 142 valence electrons. The lowest BCUT2D eigenvalue weighted by atomic mass is 10.1. The summed E-state index contributed by atoms with van der Waals surface area (Å²) in [5.74, 6) is 2.48. The van der Waals surface area contributed by atoms with Crippen LogP contribution in [0.5, 0.6) is 0 Å². The zero-order valence-corrected chi connectivity index (χ0v) is 17.5. The van der Waals surface area contributed by atoms with Crippen molar-refractivity contribution in [1.29, 1.82) is 0 Å². The molecule has 27 heavy (non-hydrogen) atoms. The number of nitrogens with zero attached hydrogens (tertiary/aromatic N) is 3. The van der Waals surface area contributed by atoms with Gasteiger partial charge in [0.2, 0.25) is 0 Å². The highest BCUT2D eigenvalue weighted by Gasteiger charge is 2.15. The molecule has 0 atom stereocenters. The van der Waals surface area contributed by atoms with E-state index in [0.29, 0.717) is 5.92 Å². The van der Waals surface area contributed by atoms with Gasteiger partial charge >= 0.3 is 0 Å². The Morgan fingerprint density at radius 2 is 1.81 bits per heavy atom. The largest absolute Gasteiger partial charge is 0.302 e. The van der Waals surface area contributed by atoms with Crippen molar-refractivity contribution in [2.24, 2.45) is 5.92 Å². The zero-order valence-electron chi connectivity index (χ0n) is 15.9. The number of benzene rings is 2. The van der Waals surface area contributed by atoms with Crippen molar-refractivity contribution in [3.63, 3.8) is 0 Å². The highest BCUT2D eigenvalue weighted by molar-refractivity contribution is 7.99. The number of aryl methyl sites for hydroxylation is 1. The van der Waals surface area contributed by atoms with Gasteiger partial charge in [-0.3, -0.25) is 0 Å². The van der Waals surface area contributed by atoms with E-state index in [9.17, 15) is 0 Å². The van der Waals surface area contributed by atoms with Crippen LogP contribution in [0.2, 0.25) is 5.02 Å². The maximum atomic E-state index is 6.17. The summed E-state index contributed by atoms with van der Waals surface area (Å²) < 4.78 is 2.23. The van der Waals surface area contributed by atoms with Crippen molar-refractivity contribution in [2.45, 2.75) is 44.8 Å². The van der Waals surface area contributed by atoms with Gasteiger partial charge in [0.25, 0.3) is 0 Å². The highest BCUT2D eigenvalue weighted by Crippen LogP contribution is 2.27. The molecule has 5 heteroatoms. The lowest BCUT2D eigenvalue weighted by molar-refractivity contribution is 0.498. The smallest absolute Gasteiger partial charge is 0.191 e. The topological polar surface area (TPSA) is 30.7 Å². The molecule has 3 aromatic rings. The Hall–Kier alpha value is -1.78. The first-order valence-electron chi connectivity index (χ1n) is 9.49. The van der Waals surface area contributed by atoms with Gasteiger partial charge in [-0.05, 0) is 42.9 Å². The number of halogens is 1. The molecule has 0 aliphatic heterocycles. The second kappa shape index (κ2) is 9.95. The van der Waals surface area contributed by atoms with E-state index >= 15 is 0 Å². The molecule has 3 rings (SSSR count). The molecule has 2 aromatic carbocycles. The number of hydrogen-bond donors (Lipinski definition) is 0. The Morgan fingerprint density at radius 3 is 2.56 bits per heavy atom. The van der Waals surface area contributed by atoms with Gasteiger partial charge in [0.05, 0.1) is 0 Å².